The average Bonchev–Trinajstić information content (AvgIpc) is 2.76. The molecular formula is C12H12N2O2. The molecule has 2 N–H and O–H groups in total. The lowest BCUT2D eigenvalue weighted by atomic mass is 10.1. The van der Waals surface area contributed by atoms with E-state index in [0.29, 0.717) is 17.7 Å². The molecule has 82 valence electrons. The van der Waals surface area contributed by atoms with Gasteiger partial charge in [-0.1, -0.05) is 35.5 Å². The number of primary amides is 1. The summed E-state index contributed by atoms with van der Waals surface area (Å²) in [4.78, 5) is 11.0. The van der Waals surface area contributed by atoms with Crippen LogP contribution in [-0.2, 0) is 12.8 Å². The monoisotopic (exact) mass is 216 g/mol. The first-order chi connectivity index (χ1) is 7.77. The summed E-state index contributed by atoms with van der Waals surface area (Å²) in [6.07, 6.45) is 2.79. The fourth-order valence-corrected chi connectivity index (χ4v) is 1.55. The Morgan fingerprint density at radius 3 is 2.69 bits per heavy atom. The van der Waals surface area contributed by atoms with E-state index in [0.717, 1.165) is 6.42 Å². The molecule has 0 radical (unpaired) electrons. The van der Waals surface area contributed by atoms with Gasteiger partial charge in [0.25, 0.3) is 5.91 Å². The quantitative estimate of drug-likeness (QED) is 0.843. The first-order valence-electron chi connectivity index (χ1n) is 5.04. The van der Waals surface area contributed by atoms with Crippen molar-refractivity contribution in [1.29, 1.82) is 0 Å². The second-order valence-corrected chi connectivity index (χ2v) is 3.51. The SMILES string of the molecule is NC(=O)c1cnoc1CCc1ccccc1. The molecule has 0 unspecified atom stereocenters. The van der Waals surface area contributed by atoms with Crippen LogP contribution >= 0.6 is 0 Å². The second kappa shape index (κ2) is 4.61. The molecule has 16 heavy (non-hydrogen) atoms. The highest BCUT2D eigenvalue weighted by molar-refractivity contribution is 5.93. The molecular weight excluding hydrogens is 204 g/mol. The van der Waals surface area contributed by atoms with E-state index in [1.165, 1.54) is 11.8 Å². The summed E-state index contributed by atoms with van der Waals surface area (Å²) in [7, 11) is 0. The van der Waals surface area contributed by atoms with E-state index < -0.39 is 5.91 Å². The Morgan fingerprint density at radius 1 is 1.25 bits per heavy atom. The van der Waals surface area contributed by atoms with Crippen molar-refractivity contribution >= 4 is 5.91 Å². The van der Waals surface area contributed by atoms with Crippen molar-refractivity contribution in [3.05, 3.63) is 53.4 Å². The number of nitrogens with zero attached hydrogens (tertiary/aromatic N) is 1. The lowest BCUT2D eigenvalue weighted by Gasteiger charge is -1.99. The lowest BCUT2D eigenvalue weighted by molar-refractivity contribution is 0.0998. The normalized spacial score (nSPS) is 10.2. The van der Waals surface area contributed by atoms with E-state index >= 15 is 0 Å². The maximum atomic E-state index is 11.0. The van der Waals surface area contributed by atoms with Crippen LogP contribution in [0.15, 0.2) is 41.1 Å². The first kappa shape index (κ1) is 10.4. The molecule has 0 aliphatic heterocycles. The molecule has 1 aromatic carbocycles. The van der Waals surface area contributed by atoms with E-state index in [-0.39, 0.29) is 0 Å². The third-order valence-electron chi connectivity index (χ3n) is 2.39. The van der Waals surface area contributed by atoms with E-state index in [9.17, 15) is 4.79 Å². The van der Waals surface area contributed by atoms with Crippen molar-refractivity contribution in [3.8, 4) is 0 Å². The fraction of sp³-hybridized carbons (Fsp3) is 0.167. The molecule has 0 saturated heterocycles. The van der Waals surface area contributed by atoms with Crippen LogP contribution in [0.3, 0.4) is 0 Å². The predicted octanol–water partition coefficient (Wildman–Crippen LogP) is 1.56. The van der Waals surface area contributed by atoms with Gasteiger partial charge in [-0.25, -0.2) is 0 Å². The standard InChI is InChI=1S/C12H12N2O2/c13-12(15)10-8-14-16-11(10)7-6-9-4-2-1-3-5-9/h1-5,8H,6-7H2,(H2,13,15). The Hall–Kier alpha value is -2.10. The summed E-state index contributed by atoms with van der Waals surface area (Å²) in [5.74, 6) is 0.0562. The number of benzene rings is 1. The Bertz CT molecular complexity index is 477. The minimum absolute atomic E-state index is 0.371. The lowest BCUT2D eigenvalue weighted by Crippen LogP contribution is -2.12. The van der Waals surface area contributed by atoms with Gasteiger partial charge in [-0.15, -0.1) is 0 Å². The minimum Gasteiger partial charge on any atom is -0.365 e. The summed E-state index contributed by atoms with van der Waals surface area (Å²) < 4.78 is 5.00. The maximum Gasteiger partial charge on any atom is 0.253 e. The number of aromatic nitrogens is 1. The number of hydrogen-bond acceptors (Lipinski definition) is 3. The zero-order chi connectivity index (χ0) is 11.4. The largest absolute Gasteiger partial charge is 0.365 e. The maximum absolute atomic E-state index is 11.0. The van der Waals surface area contributed by atoms with Crippen molar-refractivity contribution in [1.82, 2.24) is 5.16 Å². The van der Waals surface area contributed by atoms with E-state index in [1.54, 1.807) is 0 Å². The van der Waals surface area contributed by atoms with Crippen molar-refractivity contribution in [2.24, 2.45) is 5.73 Å². The van der Waals surface area contributed by atoms with Crippen molar-refractivity contribution in [2.75, 3.05) is 0 Å². The highest BCUT2D eigenvalue weighted by atomic mass is 16.5. The van der Waals surface area contributed by atoms with E-state index in [1.807, 2.05) is 30.3 Å². The average molecular weight is 216 g/mol. The Kier molecular flexibility index (Phi) is 3.00. The molecule has 0 aliphatic carbocycles. The van der Waals surface area contributed by atoms with Crippen LogP contribution in [0.5, 0.6) is 0 Å². The summed E-state index contributed by atoms with van der Waals surface area (Å²) in [6, 6.07) is 9.98. The van der Waals surface area contributed by atoms with Gasteiger partial charge < -0.3 is 10.3 Å². The topological polar surface area (TPSA) is 69.1 Å². The van der Waals surface area contributed by atoms with E-state index in [4.69, 9.17) is 10.3 Å². The number of amides is 1. The molecule has 2 rings (SSSR count). The molecule has 0 spiro atoms. The van der Waals surface area contributed by atoms with Crippen LogP contribution in [0, 0.1) is 0 Å². The molecule has 0 saturated carbocycles. The molecule has 4 nitrogen and oxygen atoms in total. The summed E-state index contributed by atoms with van der Waals surface area (Å²) in [6.45, 7) is 0. The Morgan fingerprint density at radius 2 is 2.00 bits per heavy atom. The minimum atomic E-state index is -0.496. The molecule has 1 amide bonds. The number of carbonyl (C=O) groups excluding carboxylic acids is 1. The van der Waals surface area contributed by atoms with Crippen LogP contribution in [0.1, 0.15) is 21.7 Å². The van der Waals surface area contributed by atoms with Crippen LogP contribution in [-0.4, -0.2) is 11.1 Å². The van der Waals surface area contributed by atoms with Gasteiger partial charge in [0, 0.05) is 6.42 Å². The number of rotatable bonds is 4. The molecule has 0 atom stereocenters. The highest BCUT2D eigenvalue weighted by Gasteiger charge is 2.12. The van der Waals surface area contributed by atoms with Gasteiger partial charge in [-0.3, -0.25) is 4.79 Å². The van der Waals surface area contributed by atoms with Gasteiger partial charge >= 0.3 is 0 Å². The number of carbonyl (C=O) groups is 1. The third kappa shape index (κ3) is 2.28. The molecule has 1 heterocycles. The second-order valence-electron chi connectivity index (χ2n) is 3.51. The predicted molar refractivity (Wildman–Crippen MR) is 58.9 cm³/mol. The van der Waals surface area contributed by atoms with Crippen molar-refractivity contribution < 1.29 is 9.32 Å². The zero-order valence-electron chi connectivity index (χ0n) is 8.72. The van der Waals surface area contributed by atoms with Crippen molar-refractivity contribution in [2.45, 2.75) is 12.8 Å². The molecule has 0 aliphatic rings. The smallest absolute Gasteiger partial charge is 0.253 e. The Labute approximate surface area is 93.1 Å². The summed E-state index contributed by atoms with van der Waals surface area (Å²) in [5, 5.41) is 3.58. The third-order valence-corrected chi connectivity index (χ3v) is 2.39. The molecule has 2 aromatic rings. The van der Waals surface area contributed by atoms with Gasteiger partial charge in [-0.05, 0) is 12.0 Å². The van der Waals surface area contributed by atoms with Crippen molar-refractivity contribution in [3.63, 3.8) is 0 Å². The molecule has 1 aromatic heterocycles. The Balaban J connectivity index is 2.05. The molecule has 4 heteroatoms. The van der Waals surface area contributed by atoms with Gasteiger partial charge in [0.2, 0.25) is 0 Å². The van der Waals surface area contributed by atoms with Crippen LogP contribution in [0.2, 0.25) is 0 Å². The summed E-state index contributed by atoms with van der Waals surface area (Å²) in [5.41, 5.74) is 6.75. The van der Waals surface area contributed by atoms with Gasteiger partial charge in [0.1, 0.15) is 11.3 Å². The van der Waals surface area contributed by atoms with Gasteiger partial charge in [-0.2, -0.15) is 0 Å². The zero-order valence-corrected chi connectivity index (χ0v) is 8.72. The van der Waals surface area contributed by atoms with Gasteiger partial charge in [0.15, 0.2) is 0 Å². The molecule has 0 fully saturated rings. The fourth-order valence-electron chi connectivity index (χ4n) is 1.55. The summed E-state index contributed by atoms with van der Waals surface area (Å²) >= 11 is 0. The van der Waals surface area contributed by atoms with Crippen LogP contribution in [0.25, 0.3) is 0 Å². The van der Waals surface area contributed by atoms with Crippen LogP contribution < -0.4 is 5.73 Å². The highest BCUT2D eigenvalue weighted by Crippen LogP contribution is 2.11. The number of aryl methyl sites for hydroxylation is 2. The number of nitrogens with two attached hydrogens (primary N) is 1. The molecule has 0 bridgehead atoms. The van der Waals surface area contributed by atoms with E-state index in [2.05, 4.69) is 5.16 Å². The first-order valence-corrected chi connectivity index (χ1v) is 5.04. The van der Waals surface area contributed by atoms with Crippen LogP contribution in [0.4, 0.5) is 0 Å². The number of hydrogen-bond donors (Lipinski definition) is 1. The van der Waals surface area contributed by atoms with Gasteiger partial charge in [0.05, 0.1) is 6.20 Å².